The summed E-state index contributed by atoms with van der Waals surface area (Å²) >= 11 is 0. The Balaban J connectivity index is 1.21. The van der Waals surface area contributed by atoms with Crippen molar-refractivity contribution in [3.63, 3.8) is 0 Å². The second kappa shape index (κ2) is 13.2. The van der Waals surface area contributed by atoms with E-state index in [4.69, 9.17) is 12.3 Å². The third-order valence-corrected chi connectivity index (χ3v) is 9.90. The van der Waals surface area contributed by atoms with Crippen LogP contribution < -0.4 is 4.90 Å². The smallest absolute Gasteiger partial charge is 0.0645 e. The van der Waals surface area contributed by atoms with Crippen LogP contribution in [-0.4, -0.2) is 0 Å². The van der Waals surface area contributed by atoms with Crippen LogP contribution in [0.4, 0.5) is 17.1 Å². The molecule has 0 aliphatic heterocycles. The van der Waals surface area contributed by atoms with Gasteiger partial charge in [-0.25, -0.2) is 0 Å². The second-order valence-electron chi connectivity index (χ2n) is 13.2. The summed E-state index contributed by atoms with van der Waals surface area (Å²) in [5.74, 6) is 0. The number of aryl methyl sites for hydroxylation is 1. The maximum absolute atomic E-state index is 9.68. The first-order valence-corrected chi connectivity index (χ1v) is 17.6. The van der Waals surface area contributed by atoms with Crippen LogP contribution in [0.5, 0.6) is 0 Å². The van der Waals surface area contributed by atoms with Crippen LogP contribution >= 0.6 is 0 Å². The Morgan fingerprint density at radius 1 is 0.370 bits per heavy atom. The molecule has 0 amide bonds. The van der Waals surface area contributed by atoms with Crippen LogP contribution in [0.1, 0.15) is 23.4 Å². The number of benzene rings is 10. The standard InChI is InChI=1S/C53H37N/c1-36-19-32-49-51(34-42-13-5-8-16-47(42)52(49)33-36)41-26-30-45(31-27-41)54(53-35-43-14-6-7-15-46(43)48-17-9-10-18-50(48)53)44-28-24-40(25-29-44)39-22-20-38(21-23-39)37-11-3-2-4-12-37/h2-35H,1H3/i2D,3D,4D,11D,12D,20D,21D,22D,23D,24D,25D,28D,29D. The van der Waals surface area contributed by atoms with Crippen LogP contribution in [-0.2, 0) is 0 Å². The average Bonchev–Trinajstić information content (AvgIpc) is 3.34. The number of nitrogens with zero attached hydrogens (tertiary/aromatic N) is 1. The molecular formula is C53H37N. The van der Waals surface area contributed by atoms with Gasteiger partial charge in [-0.2, -0.15) is 0 Å². The third kappa shape index (κ3) is 5.59. The molecule has 0 N–H and O–H groups in total. The van der Waals surface area contributed by atoms with Gasteiger partial charge in [0.05, 0.1) is 23.5 Å². The highest BCUT2D eigenvalue weighted by molar-refractivity contribution is 6.15. The van der Waals surface area contributed by atoms with Gasteiger partial charge in [0, 0.05) is 16.8 Å². The molecule has 0 bridgehead atoms. The van der Waals surface area contributed by atoms with E-state index in [-0.39, 0.29) is 5.69 Å². The average molecular weight is 701 g/mol. The minimum Gasteiger partial charge on any atom is -0.310 e. The minimum atomic E-state index is -0.769. The van der Waals surface area contributed by atoms with Crippen molar-refractivity contribution in [3.8, 4) is 33.4 Å². The lowest BCUT2D eigenvalue weighted by Crippen LogP contribution is -2.10. The predicted molar refractivity (Wildman–Crippen MR) is 232 cm³/mol. The summed E-state index contributed by atoms with van der Waals surface area (Å²) in [5, 5.41) is 7.91. The van der Waals surface area contributed by atoms with Gasteiger partial charge in [-0.05, 0) is 114 Å². The van der Waals surface area contributed by atoms with Crippen molar-refractivity contribution in [1.82, 2.24) is 0 Å². The lowest BCUT2D eigenvalue weighted by atomic mass is 9.92. The van der Waals surface area contributed by atoms with Crippen LogP contribution in [0.25, 0.3) is 76.5 Å². The van der Waals surface area contributed by atoms with Gasteiger partial charge < -0.3 is 4.90 Å². The molecule has 0 atom stereocenters. The highest BCUT2D eigenvalue weighted by Crippen LogP contribution is 2.43. The minimum absolute atomic E-state index is 0.121. The summed E-state index contributed by atoms with van der Waals surface area (Å²) in [6.45, 7) is 2.07. The molecule has 0 aliphatic rings. The highest BCUT2D eigenvalue weighted by atomic mass is 15.1. The van der Waals surface area contributed by atoms with E-state index >= 15 is 0 Å². The van der Waals surface area contributed by atoms with E-state index < -0.39 is 101 Å². The lowest BCUT2D eigenvalue weighted by Gasteiger charge is -2.28. The maximum atomic E-state index is 9.68. The fraction of sp³-hybridized carbons (Fsp3) is 0.0189. The van der Waals surface area contributed by atoms with Crippen LogP contribution in [0.2, 0.25) is 0 Å². The van der Waals surface area contributed by atoms with Crippen molar-refractivity contribution in [3.05, 3.63) is 212 Å². The Labute approximate surface area is 334 Å². The second-order valence-corrected chi connectivity index (χ2v) is 13.2. The molecule has 0 aliphatic carbocycles. The van der Waals surface area contributed by atoms with Gasteiger partial charge in [0.2, 0.25) is 0 Å². The number of fused-ring (bicyclic) bond motifs is 6. The first-order chi connectivity index (χ1) is 32.1. The molecule has 254 valence electrons. The topological polar surface area (TPSA) is 3.24 Å². The summed E-state index contributed by atoms with van der Waals surface area (Å²) in [5.41, 5.74) is 1.93. The quantitative estimate of drug-likeness (QED) is 0.156. The molecule has 10 aromatic rings. The summed E-state index contributed by atoms with van der Waals surface area (Å²) in [4.78, 5) is 1.70. The summed E-state index contributed by atoms with van der Waals surface area (Å²) < 4.78 is 116. The van der Waals surface area contributed by atoms with Gasteiger partial charge in [0.15, 0.2) is 0 Å². The van der Waals surface area contributed by atoms with E-state index in [2.05, 4.69) is 43.3 Å². The zero-order valence-electron chi connectivity index (χ0n) is 42.1. The summed E-state index contributed by atoms with van der Waals surface area (Å²) in [7, 11) is 0. The predicted octanol–water partition coefficient (Wildman–Crippen LogP) is 15.1. The Morgan fingerprint density at radius 3 is 1.57 bits per heavy atom. The van der Waals surface area contributed by atoms with Gasteiger partial charge >= 0.3 is 0 Å². The number of hydrogen-bond donors (Lipinski definition) is 0. The molecule has 0 unspecified atom stereocenters. The van der Waals surface area contributed by atoms with Gasteiger partial charge in [0.1, 0.15) is 0 Å². The van der Waals surface area contributed by atoms with Gasteiger partial charge in [-0.3, -0.25) is 0 Å². The molecule has 10 rings (SSSR count). The lowest BCUT2D eigenvalue weighted by molar-refractivity contribution is 1.30. The van der Waals surface area contributed by atoms with Gasteiger partial charge in [-0.15, -0.1) is 0 Å². The van der Waals surface area contributed by atoms with Crippen molar-refractivity contribution in [2.24, 2.45) is 0 Å². The van der Waals surface area contributed by atoms with Gasteiger partial charge in [0.25, 0.3) is 0 Å². The van der Waals surface area contributed by atoms with E-state index in [1.54, 1.807) is 4.90 Å². The van der Waals surface area contributed by atoms with Crippen LogP contribution in [0, 0.1) is 6.92 Å². The molecule has 0 radical (unpaired) electrons. The fourth-order valence-corrected chi connectivity index (χ4v) is 7.33. The van der Waals surface area contributed by atoms with Crippen molar-refractivity contribution in [2.45, 2.75) is 6.92 Å². The summed E-state index contributed by atoms with van der Waals surface area (Å²) in [6, 6.07) is 33.2. The van der Waals surface area contributed by atoms with E-state index in [0.29, 0.717) is 11.4 Å². The van der Waals surface area contributed by atoms with E-state index in [1.165, 1.54) is 0 Å². The van der Waals surface area contributed by atoms with E-state index in [1.807, 2.05) is 91.0 Å². The Kier molecular flexibility index (Phi) is 5.12. The largest absolute Gasteiger partial charge is 0.310 e. The Hall–Kier alpha value is -6.96. The van der Waals surface area contributed by atoms with Crippen molar-refractivity contribution >= 4 is 60.2 Å². The molecule has 10 aromatic carbocycles. The van der Waals surface area contributed by atoms with E-state index in [9.17, 15) is 5.48 Å². The molecule has 1 nitrogen and oxygen atoms in total. The van der Waals surface area contributed by atoms with Gasteiger partial charge in [-0.1, -0.05) is 175 Å². The molecule has 0 aromatic heterocycles. The molecule has 0 heterocycles. The number of rotatable bonds is 6. The fourth-order valence-electron chi connectivity index (χ4n) is 7.33. The zero-order chi connectivity index (χ0) is 47.3. The molecular weight excluding hydrogens is 651 g/mol. The molecule has 0 saturated heterocycles. The monoisotopic (exact) mass is 700 g/mol. The highest BCUT2D eigenvalue weighted by Gasteiger charge is 2.18. The van der Waals surface area contributed by atoms with Crippen molar-refractivity contribution in [1.29, 1.82) is 0 Å². The van der Waals surface area contributed by atoms with Crippen molar-refractivity contribution in [2.75, 3.05) is 4.90 Å². The molecule has 0 fully saturated rings. The van der Waals surface area contributed by atoms with Crippen LogP contribution in [0.3, 0.4) is 0 Å². The number of hydrogen-bond acceptors (Lipinski definition) is 1. The molecule has 0 saturated carbocycles. The van der Waals surface area contributed by atoms with Crippen molar-refractivity contribution < 1.29 is 17.8 Å². The number of anilines is 3. The Morgan fingerprint density at radius 2 is 0.907 bits per heavy atom. The normalized spacial score (nSPS) is 14.8. The first-order valence-electron chi connectivity index (χ1n) is 24.1. The van der Waals surface area contributed by atoms with Crippen LogP contribution in [0.15, 0.2) is 206 Å². The van der Waals surface area contributed by atoms with E-state index in [0.717, 1.165) is 59.8 Å². The maximum Gasteiger partial charge on any atom is 0.0645 e. The Bertz CT molecular complexity index is 3670. The molecule has 0 spiro atoms. The SMILES string of the molecule is [2H]c1c([2H])c([2H])c(-c2c([2H])c([2H])c(-c3c([2H])c([2H])c(N(c4ccc(-c5cc6ccccc6c6cc(C)ccc56)cc4)c4cc5ccccc5c5ccccc45)c([2H])c3[2H])c([2H])c2[2H])c([2H])c1[2H]. The zero-order valence-corrected chi connectivity index (χ0v) is 29.1. The summed E-state index contributed by atoms with van der Waals surface area (Å²) in [6.07, 6.45) is 0. The molecule has 1 heteroatoms. The first kappa shape index (κ1) is 20.9. The third-order valence-electron chi connectivity index (χ3n) is 9.90. The molecule has 54 heavy (non-hydrogen) atoms.